The second-order valence-electron chi connectivity index (χ2n) is 4.85. The van der Waals surface area contributed by atoms with Crippen molar-refractivity contribution in [3.05, 3.63) is 71.7 Å². The average molecular weight is 288 g/mol. The molecule has 0 fully saturated rings. The Morgan fingerprint density at radius 1 is 1.33 bits per heavy atom. The van der Waals surface area contributed by atoms with Crippen LogP contribution in [-0.2, 0) is 0 Å². The van der Waals surface area contributed by atoms with Crippen LogP contribution in [0.2, 0.25) is 0 Å². The number of anilines is 1. The molecule has 110 valence electrons. The summed E-state index contributed by atoms with van der Waals surface area (Å²) in [7, 11) is 0. The lowest BCUT2D eigenvalue weighted by atomic mass is 10.00. The predicted molar refractivity (Wildman–Crippen MR) is 82.9 cm³/mol. The van der Waals surface area contributed by atoms with Gasteiger partial charge in [-0.15, -0.1) is 0 Å². The standard InChI is InChI=1S/C17H18F2N2/c1-4-11(3)15-9-6-12(10-21(15)5-2)16-13(18)7-8-14(20)17(16)19/h5-10H,2,4,20H2,1,3H3/b15-11+. The molecule has 1 aliphatic rings. The minimum absolute atomic E-state index is 0.0723. The van der Waals surface area contributed by atoms with Crippen LogP contribution in [0, 0.1) is 11.6 Å². The van der Waals surface area contributed by atoms with Gasteiger partial charge in [-0.25, -0.2) is 8.78 Å². The minimum Gasteiger partial charge on any atom is -0.396 e. The third-order valence-corrected chi connectivity index (χ3v) is 3.55. The molecular formula is C17H18F2N2. The van der Waals surface area contributed by atoms with Gasteiger partial charge in [0.05, 0.1) is 11.3 Å². The number of nitrogens with two attached hydrogens (primary N) is 1. The second-order valence-corrected chi connectivity index (χ2v) is 4.85. The molecule has 0 aliphatic carbocycles. The smallest absolute Gasteiger partial charge is 0.156 e. The highest BCUT2D eigenvalue weighted by molar-refractivity contribution is 5.78. The largest absolute Gasteiger partial charge is 0.396 e. The molecule has 0 bridgehead atoms. The van der Waals surface area contributed by atoms with Crippen molar-refractivity contribution < 1.29 is 8.78 Å². The first kappa shape index (κ1) is 15.0. The highest BCUT2D eigenvalue weighted by Gasteiger charge is 2.19. The average Bonchev–Trinajstić information content (AvgIpc) is 2.50. The van der Waals surface area contributed by atoms with Gasteiger partial charge in [0.15, 0.2) is 5.82 Å². The number of allylic oxidation sites excluding steroid dienone is 4. The molecule has 0 amide bonds. The van der Waals surface area contributed by atoms with Gasteiger partial charge in [0, 0.05) is 23.7 Å². The van der Waals surface area contributed by atoms with Crippen LogP contribution in [0.3, 0.4) is 0 Å². The van der Waals surface area contributed by atoms with Crippen molar-refractivity contribution in [2.24, 2.45) is 0 Å². The normalized spacial score (nSPS) is 16.8. The molecule has 0 aromatic heterocycles. The van der Waals surface area contributed by atoms with E-state index in [1.54, 1.807) is 23.4 Å². The molecule has 0 spiro atoms. The van der Waals surface area contributed by atoms with E-state index in [2.05, 4.69) is 6.58 Å². The zero-order valence-corrected chi connectivity index (χ0v) is 12.2. The summed E-state index contributed by atoms with van der Waals surface area (Å²) in [6.45, 7) is 7.80. The van der Waals surface area contributed by atoms with Gasteiger partial charge in [0.25, 0.3) is 0 Å². The Balaban J connectivity index is 2.54. The molecule has 4 heteroatoms. The summed E-state index contributed by atoms with van der Waals surface area (Å²) in [6, 6.07) is 2.39. The summed E-state index contributed by atoms with van der Waals surface area (Å²) >= 11 is 0. The number of benzene rings is 1. The summed E-state index contributed by atoms with van der Waals surface area (Å²) in [5.41, 5.74) is 7.88. The molecule has 2 rings (SSSR count). The maximum absolute atomic E-state index is 14.1. The molecule has 1 heterocycles. The van der Waals surface area contributed by atoms with Crippen molar-refractivity contribution in [1.29, 1.82) is 0 Å². The van der Waals surface area contributed by atoms with E-state index in [0.717, 1.165) is 17.7 Å². The Kier molecular flexibility index (Phi) is 4.26. The van der Waals surface area contributed by atoms with Gasteiger partial charge in [-0.3, -0.25) is 0 Å². The van der Waals surface area contributed by atoms with Crippen LogP contribution in [0.5, 0.6) is 0 Å². The van der Waals surface area contributed by atoms with Crippen molar-refractivity contribution in [3.8, 4) is 0 Å². The molecule has 2 nitrogen and oxygen atoms in total. The third kappa shape index (κ3) is 2.75. The van der Waals surface area contributed by atoms with Crippen LogP contribution >= 0.6 is 0 Å². The van der Waals surface area contributed by atoms with Crippen LogP contribution < -0.4 is 5.73 Å². The molecule has 0 radical (unpaired) electrons. The number of hydrogen-bond donors (Lipinski definition) is 1. The zero-order chi connectivity index (χ0) is 15.6. The molecule has 0 atom stereocenters. The van der Waals surface area contributed by atoms with Crippen molar-refractivity contribution in [1.82, 2.24) is 4.90 Å². The van der Waals surface area contributed by atoms with Crippen LogP contribution in [-0.4, -0.2) is 4.90 Å². The fourth-order valence-corrected chi connectivity index (χ4v) is 2.19. The number of nitrogens with zero attached hydrogens (tertiary/aromatic N) is 1. The Bertz CT molecular complexity index is 670. The molecule has 0 saturated heterocycles. The van der Waals surface area contributed by atoms with Gasteiger partial charge in [-0.2, -0.15) is 0 Å². The molecule has 21 heavy (non-hydrogen) atoms. The molecule has 1 aromatic carbocycles. The maximum atomic E-state index is 14.1. The van der Waals surface area contributed by atoms with Gasteiger partial charge in [-0.05, 0) is 37.1 Å². The lowest BCUT2D eigenvalue weighted by Gasteiger charge is -2.24. The Labute approximate surface area is 123 Å². The molecule has 2 N–H and O–H groups in total. The number of hydrogen-bond acceptors (Lipinski definition) is 2. The maximum Gasteiger partial charge on any atom is 0.156 e. The van der Waals surface area contributed by atoms with Crippen LogP contribution in [0.4, 0.5) is 14.5 Å². The van der Waals surface area contributed by atoms with E-state index < -0.39 is 11.6 Å². The molecule has 0 saturated carbocycles. The topological polar surface area (TPSA) is 29.3 Å². The van der Waals surface area contributed by atoms with E-state index in [1.807, 2.05) is 19.9 Å². The van der Waals surface area contributed by atoms with Gasteiger partial charge in [0.2, 0.25) is 0 Å². The van der Waals surface area contributed by atoms with E-state index in [0.29, 0.717) is 5.57 Å². The van der Waals surface area contributed by atoms with Gasteiger partial charge in [0.1, 0.15) is 5.82 Å². The van der Waals surface area contributed by atoms with Crippen molar-refractivity contribution >= 4 is 11.3 Å². The Morgan fingerprint density at radius 2 is 2.05 bits per heavy atom. The quantitative estimate of drug-likeness (QED) is 0.824. The number of rotatable bonds is 3. The summed E-state index contributed by atoms with van der Waals surface area (Å²) in [5, 5.41) is 0. The van der Waals surface area contributed by atoms with Crippen molar-refractivity contribution in [3.63, 3.8) is 0 Å². The van der Waals surface area contributed by atoms with E-state index in [4.69, 9.17) is 5.73 Å². The summed E-state index contributed by atoms with van der Waals surface area (Å²) < 4.78 is 28.0. The SMILES string of the molecule is C=CN1C=C(c2c(F)ccc(N)c2F)C=C/C1=C(/C)CC. The predicted octanol–water partition coefficient (Wildman–Crippen LogP) is 4.59. The first-order valence-electron chi connectivity index (χ1n) is 6.74. The molecule has 1 aliphatic heterocycles. The first-order valence-corrected chi connectivity index (χ1v) is 6.74. The highest BCUT2D eigenvalue weighted by Crippen LogP contribution is 2.31. The summed E-state index contributed by atoms with van der Waals surface area (Å²) in [6.07, 6.45) is 7.67. The Morgan fingerprint density at radius 3 is 2.67 bits per heavy atom. The number of nitrogen functional groups attached to an aromatic ring is 1. The monoisotopic (exact) mass is 288 g/mol. The van der Waals surface area contributed by atoms with Crippen molar-refractivity contribution in [2.75, 3.05) is 5.73 Å². The molecular weight excluding hydrogens is 270 g/mol. The first-order chi connectivity index (χ1) is 9.99. The van der Waals surface area contributed by atoms with E-state index >= 15 is 0 Å². The third-order valence-electron chi connectivity index (χ3n) is 3.55. The van der Waals surface area contributed by atoms with Gasteiger partial charge >= 0.3 is 0 Å². The second kappa shape index (κ2) is 5.95. The van der Waals surface area contributed by atoms with Crippen LogP contribution in [0.15, 0.2) is 54.5 Å². The number of halogens is 2. The summed E-state index contributed by atoms with van der Waals surface area (Å²) in [5.74, 6) is -1.38. The minimum atomic E-state index is -0.741. The fourth-order valence-electron chi connectivity index (χ4n) is 2.19. The lowest BCUT2D eigenvalue weighted by molar-refractivity contribution is 0.577. The fraction of sp³-hybridized carbons (Fsp3) is 0.176. The van der Waals surface area contributed by atoms with Crippen LogP contribution in [0.1, 0.15) is 25.8 Å². The zero-order valence-electron chi connectivity index (χ0n) is 12.2. The van der Waals surface area contributed by atoms with Crippen LogP contribution in [0.25, 0.3) is 5.57 Å². The Hall–Kier alpha value is -2.36. The summed E-state index contributed by atoms with van der Waals surface area (Å²) in [4.78, 5) is 1.76. The van der Waals surface area contributed by atoms with Gasteiger partial charge in [-0.1, -0.05) is 19.6 Å². The molecule has 1 aromatic rings. The molecule has 0 unspecified atom stereocenters. The van der Waals surface area contributed by atoms with E-state index in [9.17, 15) is 8.78 Å². The lowest BCUT2D eigenvalue weighted by Crippen LogP contribution is -2.14. The van der Waals surface area contributed by atoms with Crippen molar-refractivity contribution in [2.45, 2.75) is 20.3 Å². The van der Waals surface area contributed by atoms with E-state index in [-0.39, 0.29) is 11.3 Å². The van der Waals surface area contributed by atoms with E-state index in [1.165, 1.54) is 12.1 Å². The highest BCUT2D eigenvalue weighted by atomic mass is 19.1. The van der Waals surface area contributed by atoms with Gasteiger partial charge < -0.3 is 10.6 Å².